The summed E-state index contributed by atoms with van der Waals surface area (Å²) in [5.74, 6) is 0.465. The highest BCUT2D eigenvalue weighted by Crippen LogP contribution is 2.25. The molecule has 0 radical (unpaired) electrons. The topological polar surface area (TPSA) is 91.8 Å². The van der Waals surface area contributed by atoms with Crippen molar-refractivity contribution in [2.24, 2.45) is 0 Å². The zero-order chi connectivity index (χ0) is 15.1. The molecule has 1 N–H and O–H groups in total. The molecule has 2 aromatic rings. The molecule has 0 unspecified atom stereocenters. The van der Waals surface area contributed by atoms with Crippen LogP contribution in [0.25, 0.3) is 11.5 Å². The van der Waals surface area contributed by atoms with Crippen LogP contribution in [0, 0.1) is 18.3 Å². The normalized spacial score (nSPS) is 10.1. The lowest BCUT2D eigenvalue weighted by molar-refractivity contribution is -0.118. The molecule has 0 saturated heterocycles. The molecule has 6 nitrogen and oxygen atoms in total. The summed E-state index contributed by atoms with van der Waals surface area (Å²) in [4.78, 5) is 11.5. The molecule has 0 fully saturated rings. The summed E-state index contributed by atoms with van der Waals surface area (Å²) < 4.78 is 5.53. The Morgan fingerprint density at radius 3 is 3.00 bits per heavy atom. The minimum absolute atomic E-state index is 0.161. The van der Waals surface area contributed by atoms with Crippen molar-refractivity contribution in [2.75, 3.05) is 12.3 Å². The number of carbonyl (C=O) groups excluding carboxylic acids is 1. The quantitative estimate of drug-likeness (QED) is 0.649. The predicted octanol–water partition coefficient (Wildman–Crippen LogP) is 2.17. The van der Waals surface area contributed by atoms with Gasteiger partial charge >= 0.3 is 0 Å². The molecule has 0 aliphatic heterocycles. The molecule has 7 heteroatoms. The Morgan fingerprint density at radius 2 is 2.24 bits per heavy atom. The Balaban J connectivity index is 1.91. The second-order valence-electron chi connectivity index (χ2n) is 4.23. The van der Waals surface area contributed by atoms with Crippen molar-refractivity contribution in [1.82, 2.24) is 15.5 Å². The number of nitrogens with one attached hydrogen (secondary N) is 1. The van der Waals surface area contributed by atoms with Crippen LogP contribution in [-0.2, 0) is 4.79 Å². The van der Waals surface area contributed by atoms with E-state index in [1.165, 1.54) is 11.8 Å². The number of amides is 1. The molecule has 1 heterocycles. The van der Waals surface area contributed by atoms with Crippen LogP contribution in [0.4, 0.5) is 0 Å². The van der Waals surface area contributed by atoms with E-state index in [1.807, 2.05) is 37.3 Å². The molecule has 1 amide bonds. The third-order valence-electron chi connectivity index (χ3n) is 2.67. The largest absolute Gasteiger partial charge is 0.411 e. The number of thioether (sulfide) groups is 1. The predicted molar refractivity (Wildman–Crippen MR) is 78.4 cm³/mol. The first kappa shape index (κ1) is 15.1. The van der Waals surface area contributed by atoms with E-state index in [-0.39, 0.29) is 11.7 Å². The van der Waals surface area contributed by atoms with E-state index in [0.717, 1.165) is 11.1 Å². The fourth-order valence-corrected chi connectivity index (χ4v) is 2.22. The maximum absolute atomic E-state index is 11.5. The number of nitriles is 1. The number of hydrogen-bond acceptors (Lipinski definition) is 6. The molecule has 21 heavy (non-hydrogen) atoms. The summed E-state index contributed by atoms with van der Waals surface area (Å²) >= 11 is 1.17. The van der Waals surface area contributed by atoms with Crippen molar-refractivity contribution in [1.29, 1.82) is 5.26 Å². The van der Waals surface area contributed by atoms with Crippen molar-refractivity contribution in [3.8, 4) is 17.5 Å². The van der Waals surface area contributed by atoms with E-state index in [1.54, 1.807) is 0 Å². The highest BCUT2D eigenvalue weighted by molar-refractivity contribution is 7.99. The third-order valence-corrected chi connectivity index (χ3v) is 3.49. The molecule has 1 aromatic heterocycles. The molecule has 0 aliphatic carbocycles. The summed E-state index contributed by atoms with van der Waals surface area (Å²) in [7, 11) is 0. The smallest absolute Gasteiger partial charge is 0.277 e. The van der Waals surface area contributed by atoms with E-state index < -0.39 is 0 Å². The lowest BCUT2D eigenvalue weighted by atomic mass is 10.1. The average Bonchev–Trinajstić information content (AvgIpc) is 2.94. The van der Waals surface area contributed by atoms with Gasteiger partial charge in [-0.1, -0.05) is 30.0 Å². The van der Waals surface area contributed by atoms with Crippen LogP contribution in [-0.4, -0.2) is 28.4 Å². The Bertz CT molecular complexity index is 663. The number of hydrogen-bond donors (Lipinski definition) is 1. The molecule has 0 atom stereocenters. The summed E-state index contributed by atoms with van der Waals surface area (Å²) in [6.45, 7) is 2.32. The molecule has 0 spiro atoms. The Hall–Kier alpha value is -2.33. The molecule has 0 aliphatic rings. The van der Waals surface area contributed by atoms with Gasteiger partial charge in [0.15, 0.2) is 0 Å². The Labute approximate surface area is 126 Å². The molecule has 0 saturated carbocycles. The van der Waals surface area contributed by atoms with Gasteiger partial charge in [0.05, 0.1) is 18.2 Å². The second kappa shape index (κ2) is 7.45. The zero-order valence-electron chi connectivity index (χ0n) is 11.5. The number of carbonyl (C=O) groups is 1. The highest BCUT2D eigenvalue weighted by Gasteiger charge is 2.12. The van der Waals surface area contributed by atoms with E-state index in [2.05, 4.69) is 15.5 Å². The lowest BCUT2D eigenvalue weighted by Gasteiger charge is -2.00. The van der Waals surface area contributed by atoms with Crippen LogP contribution in [0.5, 0.6) is 0 Å². The lowest BCUT2D eigenvalue weighted by Crippen LogP contribution is -2.25. The first-order chi connectivity index (χ1) is 10.2. The van der Waals surface area contributed by atoms with Gasteiger partial charge in [-0.15, -0.1) is 10.2 Å². The summed E-state index contributed by atoms with van der Waals surface area (Å²) in [5.41, 5.74) is 1.93. The van der Waals surface area contributed by atoms with E-state index in [0.29, 0.717) is 24.1 Å². The van der Waals surface area contributed by atoms with Gasteiger partial charge in [-0.2, -0.15) is 5.26 Å². The number of aryl methyl sites for hydroxylation is 1. The molecule has 108 valence electrons. The van der Waals surface area contributed by atoms with Crippen LogP contribution < -0.4 is 5.32 Å². The van der Waals surface area contributed by atoms with Crippen molar-refractivity contribution in [2.45, 2.75) is 18.6 Å². The minimum atomic E-state index is -0.161. The van der Waals surface area contributed by atoms with E-state index in [4.69, 9.17) is 9.68 Å². The number of rotatable bonds is 6. The number of benzene rings is 1. The maximum atomic E-state index is 11.5. The Morgan fingerprint density at radius 1 is 1.43 bits per heavy atom. The van der Waals surface area contributed by atoms with Crippen molar-refractivity contribution >= 4 is 17.7 Å². The van der Waals surface area contributed by atoms with Gasteiger partial charge < -0.3 is 9.73 Å². The standard InChI is InChI=1S/C14H14N4O2S/c1-10-5-2-3-6-11(10)13-17-18-14(20-13)21-9-12(19)16-8-4-7-15/h2-3,5-6H,4,8-9H2,1H3,(H,16,19). The molecule has 1 aromatic carbocycles. The third kappa shape index (κ3) is 4.33. The van der Waals surface area contributed by atoms with E-state index in [9.17, 15) is 4.79 Å². The first-order valence-corrected chi connectivity index (χ1v) is 7.35. The monoisotopic (exact) mass is 302 g/mol. The van der Waals surface area contributed by atoms with Crippen LogP contribution in [0.1, 0.15) is 12.0 Å². The van der Waals surface area contributed by atoms with Gasteiger partial charge in [0.1, 0.15) is 0 Å². The fraction of sp³-hybridized carbons (Fsp3) is 0.286. The summed E-state index contributed by atoms with van der Waals surface area (Å²) in [5, 5.41) is 19.3. The van der Waals surface area contributed by atoms with Gasteiger partial charge in [0, 0.05) is 12.1 Å². The number of nitrogens with zero attached hydrogens (tertiary/aromatic N) is 3. The zero-order valence-corrected chi connectivity index (χ0v) is 12.3. The molecular formula is C14H14N4O2S. The van der Waals surface area contributed by atoms with Crippen molar-refractivity contribution in [3.05, 3.63) is 29.8 Å². The SMILES string of the molecule is Cc1ccccc1-c1nnc(SCC(=O)NCCC#N)o1. The average molecular weight is 302 g/mol. The molecular weight excluding hydrogens is 288 g/mol. The van der Waals surface area contributed by atoms with Crippen LogP contribution in [0.2, 0.25) is 0 Å². The van der Waals surface area contributed by atoms with Crippen LogP contribution >= 0.6 is 11.8 Å². The van der Waals surface area contributed by atoms with E-state index >= 15 is 0 Å². The fourth-order valence-electron chi connectivity index (χ4n) is 1.63. The Kier molecular flexibility index (Phi) is 5.35. The second-order valence-corrected chi connectivity index (χ2v) is 5.16. The van der Waals surface area contributed by atoms with Crippen LogP contribution in [0.3, 0.4) is 0 Å². The minimum Gasteiger partial charge on any atom is -0.411 e. The summed E-state index contributed by atoms with van der Waals surface area (Å²) in [6.07, 6.45) is 0.300. The first-order valence-electron chi connectivity index (χ1n) is 6.36. The van der Waals surface area contributed by atoms with Crippen molar-refractivity contribution in [3.63, 3.8) is 0 Å². The highest BCUT2D eigenvalue weighted by atomic mass is 32.2. The van der Waals surface area contributed by atoms with Gasteiger partial charge in [-0.05, 0) is 18.6 Å². The molecule has 0 bridgehead atoms. The van der Waals surface area contributed by atoms with Gasteiger partial charge in [0.2, 0.25) is 11.8 Å². The van der Waals surface area contributed by atoms with Gasteiger partial charge in [-0.25, -0.2) is 0 Å². The molecule has 2 rings (SSSR count). The maximum Gasteiger partial charge on any atom is 0.277 e. The van der Waals surface area contributed by atoms with Gasteiger partial charge in [0.25, 0.3) is 5.22 Å². The van der Waals surface area contributed by atoms with Gasteiger partial charge in [-0.3, -0.25) is 4.79 Å². The van der Waals surface area contributed by atoms with Crippen LogP contribution in [0.15, 0.2) is 33.9 Å². The number of aromatic nitrogens is 2. The summed E-state index contributed by atoms with van der Waals surface area (Å²) in [6, 6.07) is 9.68. The van der Waals surface area contributed by atoms with Crippen molar-refractivity contribution < 1.29 is 9.21 Å².